The summed E-state index contributed by atoms with van der Waals surface area (Å²) in [5.41, 5.74) is 5.40. The van der Waals surface area contributed by atoms with Gasteiger partial charge in [-0.05, 0) is 42.2 Å². The molecule has 6 heteroatoms. The van der Waals surface area contributed by atoms with Gasteiger partial charge >= 0.3 is 0 Å². The minimum atomic E-state index is -0.00793. The quantitative estimate of drug-likeness (QED) is 0.701. The number of carbonyl (C=O) groups is 1. The smallest absolute Gasteiger partial charge is 0.253 e. The van der Waals surface area contributed by atoms with E-state index in [0.717, 1.165) is 27.9 Å². The Morgan fingerprint density at radius 3 is 2.71 bits per heavy atom. The average Bonchev–Trinajstić information content (AvgIpc) is 2.70. The lowest BCUT2D eigenvalue weighted by molar-refractivity contribution is -0.118. The van der Waals surface area contributed by atoms with Crippen molar-refractivity contribution < 1.29 is 9.53 Å². The first-order chi connectivity index (χ1) is 13.5. The van der Waals surface area contributed by atoms with Crippen molar-refractivity contribution in [1.82, 2.24) is 14.5 Å². The number of nitrogens with zero attached hydrogens (tertiary/aromatic N) is 3. The molecular weight excluding hydrogens is 354 g/mol. The molecule has 3 aromatic rings. The SMILES string of the molecule is Cc1cc(-c2cc3c(c(OCc4cnccn4)c2)CC(=O)CC3)cn(C)c1=O. The number of aryl methyl sites for hydroxylation is 3. The van der Waals surface area contributed by atoms with Gasteiger partial charge in [-0.15, -0.1) is 0 Å². The van der Waals surface area contributed by atoms with E-state index < -0.39 is 0 Å². The summed E-state index contributed by atoms with van der Waals surface area (Å²) in [6.45, 7) is 2.10. The zero-order valence-electron chi connectivity index (χ0n) is 15.9. The number of carbonyl (C=O) groups excluding carboxylic acids is 1. The van der Waals surface area contributed by atoms with Gasteiger partial charge in [0.25, 0.3) is 5.56 Å². The molecule has 0 amide bonds. The summed E-state index contributed by atoms with van der Waals surface area (Å²) in [5.74, 6) is 0.917. The summed E-state index contributed by atoms with van der Waals surface area (Å²) in [6.07, 6.45) is 8.38. The zero-order valence-corrected chi connectivity index (χ0v) is 15.9. The first-order valence-electron chi connectivity index (χ1n) is 9.24. The van der Waals surface area contributed by atoms with E-state index in [4.69, 9.17) is 4.74 Å². The molecule has 2 heterocycles. The first kappa shape index (κ1) is 18.1. The average molecular weight is 375 g/mol. The van der Waals surface area contributed by atoms with E-state index in [-0.39, 0.29) is 17.9 Å². The van der Waals surface area contributed by atoms with Gasteiger partial charge in [0.2, 0.25) is 0 Å². The highest BCUT2D eigenvalue weighted by Gasteiger charge is 2.21. The maximum absolute atomic E-state index is 12.0. The summed E-state index contributed by atoms with van der Waals surface area (Å²) in [5, 5.41) is 0. The van der Waals surface area contributed by atoms with Crippen molar-refractivity contribution in [3.05, 3.63) is 75.7 Å². The number of Topliss-reactive ketones (excluding diaryl/α,β-unsaturated/α-hetero) is 1. The van der Waals surface area contributed by atoms with Gasteiger partial charge in [-0.2, -0.15) is 0 Å². The van der Waals surface area contributed by atoms with Gasteiger partial charge in [-0.3, -0.25) is 19.6 Å². The molecular formula is C22H21N3O3. The van der Waals surface area contributed by atoms with Crippen molar-refractivity contribution in [3.8, 4) is 16.9 Å². The molecule has 0 atom stereocenters. The van der Waals surface area contributed by atoms with Crippen LogP contribution in [0.2, 0.25) is 0 Å². The van der Waals surface area contributed by atoms with E-state index in [1.807, 2.05) is 25.3 Å². The fraction of sp³-hybridized carbons (Fsp3) is 0.273. The molecule has 0 N–H and O–H groups in total. The number of ether oxygens (including phenoxy) is 1. The van der Waals surface area contributed by atoms with Crippen molar-refractivity contribution in [2.75, 3.05) is 0 Å². The molecule has 1 aliphatic rings. The van der Waals surface area contributed by atoms with Crippen LogP contribution < -0.4 is 10.3 Å². The van der Waals surface area contributed by atoms with E-state index in [9.17, 15) is 9.59 Å². The van der Waals surface area contributed by atoms with Crippen LogP contribution in [0.4, 0.5) is 0 Å². The predicted octanol–water partition coefficient (Wildman–Crippen LogP) is 2.79. The number of fused-ring (bicyclic) bond motifs is 1. The molecule has 0 saturated heterocycles. The monoisotopic (exact) mass is 375 g/mol. The lowest BCUT2D eigenvalue weighted by Crippen LogP contribution is -2.18. The number of rotatable bonds is 4. The second-order valence-electron chi connectivity index (χ2n) is 7.14. The first-order valence-corrected chi connectivity index (χ1v) is 9.24. The highest BCUT2D eigenvalue weighted by Crippen LogP contribution is 2.34. The Kier molecular flexibility index (Phi) is 4.77. The van der Waals surface area contributed by atoms with Gasteiger partial charge in [0.1, 0.15) is 18.1 Å². The van der Waals surface area contributed by atoms with Crippen LogP contribution in [0.1, 0.15) is 28.8 Å². The van der Waals surface area contributed by atoms with E-state index in [2.05, 4.69) is 16.0 Å². The van der Waals surface area contributed by atoms with Gasteiger partial charge in [0.05, 0.1) is 11.9 Å². The third-order valence-electron chi connectivity index (χ3n) is 5.04. The summed E-state index contributed by atoms with van der Waals surface area (Å²) in [7, 11) is 1.75. The van der Waals surface area contributed by atoms with Crippen molar-refractivity contribution >= 4 is 5.78 Å². The summed E-state index contributed by atoms with van der Waals surface area (Å²) in [4.78, 5) is 32.4. The van der Waals surface area contributed by atoms with Crippen LogP contribution in [0, 0.1) is 6.92 Å². The molecule has 0 fully saturated rings. The number of aromatic nitrogens is 3. The Morgan fingerprint density at radius 2 is 1.96 bits per heavy atom. The maximum atomic E-state index is 12.0. The lowest BCUT2D eigenvalue weighted by Gasteiger charge is -2.21. The highest BCUT2D eigenvalue weighted by molar-refractivity contribution is 5.85. The molecule has 4 rings (SSSR count). The molecule has 142 valence electrons. The topological polar surface area (TPSA) is 74.1 Å². The van der Waals surface area contributed by atoms with Crippen molar-refractivity contribution in [1.29, 1.82) is 0 Å². The summed E-state index contributed by atoms with van der Waals surface area (Å²) in [6, 6.07) is 5.95. The Bertz CT molecular complexity index is 1080. The molecule has 0 saturated carbocycles. The molecule has 6 nitrogen and oxygen atoms in total. The Labute approximate surface area is 162 Å². The van der Waals surface area contributed by atoms with E-state index in [1.54, 1.807) is 30.2 Å². The molecule has 0 spiro atoms. The van der Waals surface area contributed by atoms with Crippen LogP contribution >= 0.6 is 0 Å². The molecule has 0 bridgehead atoms. The van der Waals surface area contributed by atoms with E-state index in [0.29, 0.717) is 30.6 Å². The Hall–Kier alpha value is -3.28. The second-order valence-corrected chi connectivity index (χ2v) is 7.14. The van der Waals surface area contributed by atoms with Crippen LogP contribution in [-0.2, 0) is 31.3 Å². The minimum Gasteiger partial charge on any atom is -0.487 e. The van der Waals surface area contributed by atoms with E-state index in [1.165, 1.54) is 0 Å². The molecule has 0 radical (unpaired) electrons. The fourth-order valence-corrected chi connectivity index (χ4v) is 3.57. The zero-order chi connectivity index (χ0) is 19.7. The minimum absolute atomic E-state index is 0.00793. The van der Waals surface area contributed by atoms with Crippen LogP contribution in [0.3, 0.4) is 0 Å². The van der Waals surface area contributed by atoms with Gasteiger partial charge in [-0.1, -0.05) is 6.07 Å². The standard InChI is InChI=1S/C22H21N3O3/c1-14-7-17(12-25(2)22(14)27)16-8-15-3-4-19(26)10-20(15)21(9-16)28-13-18-11-23-5-6-24-18/h5-9,11-12H,3-4,10,13H2,1-2H3. The van der Waals surface area contributed by atoms with Crippen molar-refractivity contribution in [2.45, 2.75) is 32.8 Å². The van der Waals surface area contributed by atoms with Crippen molar-refractivity contribution in [3.63, 3.8) is 0 Å². The summed E-state index contributed by atoms with van der Waals surface area (Å²) < 4.78 is 7.65. The number of ketones is 1. The molecule has 2 aromatic heterocycles. The molecule has 0 aliphatic heterocycles. The maximum Gasteiger partial charge on any atom is 0.253 e. The molecule has 1 aliphatic carbocycles. The van der Waals surface area contributed by atoms with Crippen LogP contribution in [0.25, 0.3) is 11.1 Å². The van der Waals surface area contributed by atoms with Gasteiger partial charge in [0, 0.05) is 49.6 Å². The third kappa shape index (κ3) is 3.58. The third-order valence-corrected chi connectivity index (χ3v) is 5.04. The predicted molar refractivity (Wildman–Crippen MR) is 105 cm³/mol. The molecule has 1 aromatic carbocycles. The van der Waals surface area contributed by atoms with Gasteiger partial charge in [0.15, 0.2) is 0 Å². The Balaban J connectivity index is 1.76. The number of pyridine rings is 1. The molecule has 28 heavy (non-hydrogen) atoms. The van der Waals surface area contributed by atoms with Gasteiger partial charge < -0.3 is 9.30 Å². The summed E-state index contributed by atoms with van der Waals surface area (Å²) >= 11 is 0. The second kappa shape index (κ2) is 7.38. The number of hydrogen-bond acceptors (Lipinski definition) is 5. The normalized spacial score (nSPS) is 13.3. The van der Waals surface area contributed by atoms with E-state index >= 15 is 0 Å². The number of hydrogen-bond donors (Lipinski definition) is 0. The number of benzene rings is 1. The van der Waals surface area contributed by atoms with Gasteiger partial charge in [-0.25, -0.2) is 0 Å². The largest absolute Gasteiger partial charge is 0.487 e. The van der Waals surface area contributed by atoms with Crippen LogP contribution in [0.15, 0.2) is 47.8 Å². The highest BCUT2D eigenvalue weighted by atomic mass is 16.5. The van der Waals surface area contributed by atoms with Crippen LogP contribution in [0.5, 0.6) is 5.75 Å². The fourth-order valence-electron chi connectivity index (χ4n) is 3.57. The lowest BCUT2D eigenvalue weighted by atomic mass is 9.87. The van der Waals surface area contributed by atoms with Crippen molar-refractivity contribution in [2.24, 2.45) is 7.05 Å². The Morgan fingerprint density at radius 1 is 1.11 bits per heavy atom. The van der Waals surface area contributed by atoms with Crippen LogP contribution in [-0.4, -0.2) is 20.3 Å². The molecule has 0 unspecified atom stereocenters.